The molecule has 0 atom stereocenters. The Kier molecular flexibility index (Phi) is 4.38. The summed E-state index contributed by atoms with van der Waals surface area (Å²) in [5.41, 5.74) is 1.81. The number of fused-ring (bicyclic) bond motifs is 1. The van der Waals surface area contributed by atoms with Gasteiger partial charge in [0, 0.05) is 19.5 Å². The number of hydrogen-bond donors (Lipinski definition) is 2. The van der Waals surface area contributed by atoms with Gasteiger partial charge in [0.15, 0.2) is 0 Å². The van der Waals surface area contributed by atoms with Crippen LogP contribution in [0, 0.1) is 5.82 Å². The van der Waals surface area contributed by atoms with Crippen LogP contribution in [0.3, 0.4) is 0 Å². The zero-order valence-electron chi connectivity index (χ0n) is 12.5. The van der Waals surface area contributed by atoms with E-state index < -0.39 is 0 Å². The highest BCUT2D eigenvalue weighted by Crippen LogP contribution is 2.24. The van der Waals surface area contributed by atoms with Crippen molar-refractivity contribution in [3.05, 3.63) is 29.1 Å². The lowest BCUT2D eigenvalue weighted by Gasteiger charge is -2.26. The highest BCUT2D eigenvalue weighted by molar-refractivity contribution is 5.94. The van der Waals surface area contributed by atoms with Crippen molar-refractivity contribution in [2.24, 2.45) is 0 Å². The molecule has 2 heterocycles. The van der Waals surface area contributed by atoms with Crippen molar-refractivity contribution < 1.29 is 14.0 Å². The van der Waals surface area contributed by atoms with E-state index in [0.717, 1.165) is 24.9 Å². The van der Waals surface area contributed by atoms with Gasteiger partial charge in [0.1, 0.15) is 5.82 Å². The zero-order chi connectivity index (χ0) is 15.5. The Morgan fingerprint density at radius 3 is 3.00 bits per heavy atom. The van der Waals surface area contributed by atoms with Crippen molar-refractivity contribution in [3.63, 3.8) is 0 Å². The van der Waals surface area contributed by atoms with Crippen LogP contribution < -0.4 is 10.6 Å². The first-order valence-corrected chi connectivity index (χ1v) is 7.74. The maximum Gasteiger partial charge on any atom is 0.244 e. The number of benzene rings is 1. The van der Waals surface area contributed by atoms with Crippen LogP contribution in [0.25, 0.3) is 0 Å². The molecule has 0 bridgehead atoms. The van der Waals surface area contributed by atoms with Crippen molar-refractivity contribution in [3.8, 4) is 0 Å². The number of rotatable bonds is 3. The Morgan fingerprint density at radius 1 is 1.32 bits per heavy atom. The van der Waals surface area contributed by atoms with Crippen LogP contribution in [0.5, 0.6) is 0 Å². The fourth-order valence-corrected chi connectivity index (χ4v) is 3.02. The molecule has 1 saturated heterocycles. The van der Waals surface area contributed by atoms with Gasteiger partial charge in [-0.05, 0) is 43.0 Å². The fraction of sp³-hybridized carbons (Fsp3) is 0.500. The molecule has 2 aliphatic heterocycles. The molecule has 118 valence electrons. The molecule has 3 rings (SSSR count). The average Bonchev–Trinajstić information content (AvgIpc) is 2.53. The van der Waals surface area contributed by atoms with Crippen molar-refractivity contribution in [1.29, 1.82) is 0 Å². The molecule has 1 fully saturated rings. The highest BCUT2D eigenvalue weighted by atomic mass is 19.1. The van der Waals surface area contributed by atoms with Gasteiger partial charge in [0.2, 0.25) is 11.8 Å². The number of halogens is 1. The number of amides is 2. The Balaban J connectivity index is 1.67. The highest BCUT2D eigenvalue weighted by Gasteiger charge is 2.22. The van der Waals surface area contributed by atoms with Gasteiger partial charge < -0.3 is 15.5 Å². The summed E-state index contributed by atoms with van der Waals surface area (Å²) in [7, 11) is 0. The van der Waals surface area contributed by atoms with Crippen LogP contribution >= 0.6 is 0 Å². The van der Waals surface area contributed by atoms with Crippen molar-refractivity contribution in [1.82, 2.24) is 10.2 Å². The molecular formula is C16H20FN3O2. The first kappa shape index (κ1) is 15.0. The van der Waals surface area contributed by atoms with Gasteiger partial charge in [-0.1, -0.05) is 6.07 Å². The van der Waals surface area contributed by atoms with Gasteiger partial charge in [0.25, 0.3) is 0 Å². The van der Waals surface area contributed by atoms with Crippen LogP contribution in [0.2, 0.25) is 0 Å². The van der Waals surface area contributed by atoms with Gasteiger partial charge in [-0.3, -0.25) is 9.59 Å². The molecule has 0 saturated carbocycles. The second kappa shape index (κ2) is 6.44. The lowest BCUT2D eigenvalue weighted by atomic mass is 9.99. The summed E-state index contributed by atoms with van der Waals surface area (Å²) in [4.78, 5) is 25.3. The largest absolute Gasteiger partial charge is 0.333 e. The monoisotopic (exact) mass is 305 g/mol. The van der Waals surface area contributed by atoms with Gasteiger partial charge in [-0.15, -0.1) is 0 Å². The predicted molar refractivity (Wildman–Crippen MR) is 80.9 cm³/mol. The van der Waals surface area contributed by atoms with Gasteiger partial charge in [-0.2, -0.15) is 0 Å². The van der Waals surface area contributed by atoms with Crippen LogP contribution in [0.4, 0.5) is 10.1 Å². The van der Waals surface area contributed by atoms with E-state index in [4.69, 9.17) is 0 Å². The van der Waals surface area contributed by atoms with Crippen LogP contribution in [-0.2, 0) is 22.6 Å². The van der Waals surface area contributed by atoms with Crippen LogP contribution in [0.15, 0.2) is 12.1 Å². The molecule has 0 aromatic heterocycles. The zero-order valence-corrected chi connectivity index (χ0v) is 12.5. The third-order valence-electron chi connectivity index (χ3n) is 4.24. The smallest absolute Gasteiger partial charge is 0.244 e. The van der Waals surface area contributed by atoms with Crippen LogP contribution in [0.1, 0.15) is 30.4 Å². The topological polar surface area (TPSA) is 61.4 Å². The van der Waals surface area contributed by atoms with E-state index in [9.17, 15) is 14.0 Å². The second-order valence-corrected chi connectivity index (χ2v) is 5.81. The lowest BCUT2D eigenvalue weighted by Crippen LogP contribution is -2.40. The average molecular weight is 305 g/mol. The van der Waals surface area contributed by atoms with E-state index in [0.29, 0.717) is 31.5 Å². The summed E-state index contributed by atoms with van der Waals surface area (Å²) in [5.74, 6) is -0.696. The summed E-state index contributed by atoms with van der Waals surface area (Å²) in [6, 6.07) is 3.43. The molecule has 1 aromatic carbocycles. The minimum atomic E-state index is -0.350. The molecule has 0 unspecified atom stereocenters. The van der Waals surface area contributed by atoms with Crippen LogP contribution in [-0.4, -0.2) is 36.3 Å². The standard InChI is InChI=1S/C16H20FN3O2/c17-16-12-6-7-18-9-11(12)4-5-13(16)19-14(21)10-20-8-2-1-3-15(20)22/h4-5,18H,1-3,6-10H2,(H,19,21). The molecular weight excluding hydrogens is 285 g/mol. The molecule has 2 amide bonds. The third-order valence-corrected chi connectivity index (χ3v) is 4.24. The second-order valence-electron chi connectivity index (χ2n) is 5.81. The molecule has 1 aromatic rings. The number of nitrogens with zero attached hydrogens (tertiary/aromatic N) is 1. The first-order valence-electron chi connectivity index (χ1n) is 7.74. The summed E-state index contributed by atoms with van der Waals surface area (Å²) >= 11 is 0. The molecule has 5 nitrogen and oxygen atoms in total. The van der Waals surface area contributed by atoms with Gasteiger partial charge in [0.05, 0.1) is 12.2 Å². The number of carbonyl (C=O) groups excluding carboxylic acids is 2. The number of piperidine rings is 1. The normalized spacial score (nSPS) is 18.0. The minimum Gasteiger partial charge on any atom is -0.333 e. The molecule has 0 radical (unpaired) electrons. The Morgan fingerprint density at radius 2 is 2.18 bits per heavy atom. The fourth-order valence-electron chi connectivity index (χ4n) is 3.02. The van der Waals surface area contributed by atoms with E-state index >= 15 is 0 Å². The van der Waals surface area contributed by atoms with E-state index in [1.807, 2.05) is 6.07 Å². The summed E-state index contributed by atoms with van der Waals surface area (Å²) < 4.78 is 14.4. The Labute approximate surface area is 128 Å². The molecule has 22 heavy (non-hydrogen) atoms. The van der Waals surface area contributed by atoms with Crippen molar-refractivity contribution in [2.45, 2.75) is 32.2 Å². The molecule has 6 heteroatoms. The van der Waals surface area contributed by atoms with E-state index in [-0.39, 0.29) is 29.9 Å². The Bertz CT molecular complexity index is 603. The predicted octanol–water partition coefficient (Wildman–Crippen LogP) is 1.42. The maximum absolute atomic E-state index is 14.4. The minimum absolute atomic E-state index is 0.00149. The van der Waals surface area contributed by atoms with Crippen molar-refractivity contribution >= 4 is 17.5 Å². The van der Waals surface area contributed by atoms with E-state index in [1.54, 1.807) is 11.0 Å². The number of carbonyl (C=O) groups is 2. The first-order chi connectivity index (χ1) is 10.6. The number of likely N-dealkylation sites (tertiary alicyclic amines) is 1. The summed E-state index contributed by atoms with van der Waals surface area (Å²) in [6.07, 6.45) is 2.91. The van der Waals surface area contributed by atoms with E-state index in [1.165, 1.54) is 0 Å². The maximum atomic E-state index is 14.4. The number of anilines is 1. The number of hydrogen-bond acceptors (Lipinski definition) is 3. The lowest BCUT2D eigenvalue weighted by molar-refractivity contribution is -0.136. The quantitative estimate of drug-likeness (QED) is 0.888. The molecule has 2 aliphatic rings. The molecule has 0 aliphatic carbocycles. The SMILES string of the molecule is O=C(CN1CCCCC1=O)Nc1ccc2c(c1F)CCNC2. The Hall–Kier alpha value is -1.95. The third kappa shape index (κ3) is 3.11. The molecule has 0 spiro atoms. The summed E-state index contributed by atoms with van der Waals surface area (Å²) in [5, 5.41) is 5.79. The van der Waals surface area contributed by atoms with Crippen molar-refractivity contribution in [2.75, 3.05) is 25.0 Å². The summed E-state index contributed by atoms with van der Waals surface area (Å²) in [6.45, 7) is 1.99. The van der Waals surface area contributed by atoms with E-state index in [2.05, 4.69) is 10.6 Å². The van der Waals surface area contributed by atoms with Gasteiger partial charge in [-0.25, -0.2) is 4.39 Å². The molecule has 2 N–H and O–H groups in total. The van der Waals surface area contributed by atoms with Gasteiger partial charge >= 0.3 is 0 Å². The number of nitrogens with one attached hydrogen (secondary N) is 2.